The zero-order chi connectivity index (χ0) is 40.0. The average molecular weight is 774 g/mol. The van der Waals surface area contributed by atoms with Gasteiger partial charge in [-0.2, -0.15) is 0 Å². The maximum Gasteiger partial charge on any atom is 0.164 e. The molecule has 2 aliphatic rings. The van der Waals surface area contributed by atoms with Gasteiger partial charge in [0.25, 0.3) is 0 Å². The molecule has 60 heavy (non-hydrogen) atoms. The largest absolute Gasteiger partial charge is 0.453 e. The lowest BCUT2D eigenvalue weighted by atomic mass is 9.73. The van der Waals surface area contributed by atoms with Gasteiger partial charge in [-0.1, -0.05) is 147 Å². The van der Waals surface area contributed by atoms with Crippen LogP contribution in [0, 0.1) is 0 Å². The molecule has 0 saturated heterocycles. The number of para-hydroxylation sites is 4. The second kappa shape index (κ2) is 13.2. The first kappa shape index (κ1) is 34.5. The Hall–Kier alpha value is -7.57. The smallest absolute Gasteiger partial charge is 0.164 e. The molecule has 0 atom stereocenters. The molecule has 0 N–H and O–H groups in total. The molecule has 12 rings (SSSR count). The van der Waals surface area contributed by atoms with Crippen molar-refractivity contribution < 1.29 is 4.42 Å². The first-order chi connectivity index (χ1) is 29.5. The zero-order valence-corrected chi connectivity index (χ0v) is 33.3. The summed E-state index contributed by atoms with van der Waals surface area (Å²) in [6.45, 7) is 4.71. The van der Waals surface area contributed by atoms with E-state index in [9.17, 15) is 0 Å². The van der Waals surface area contributed by atoms with E-state index < -0.39 is 0 Å². The predicted octanol–water partition coefficient (Wildman–Crippen LogP) is 11.9. The van der Waals surface area contributed by atoms with Crippen LogP contribution in [-0.2, 0) is 5.41 Å². The van der Waals surface area contributed by atoms with E-state index in [1.807, 2.05) is 60.7 Å². The highest BCUT2D eigenvalue weighted by atomic mass is 16.3. The predicted molar refractivity (Wildman–Crippen MR) is 244 cm³/mol. The Morgan fingerprint density at radius 2 is 1.13 bits per heavy atom. The SMILES string of the molecule is CC1(C)c2ccccc2N(c2ccccc2)c2cc3c(cc21)c1ccccc1n3-c1cccc2c3c(oc12)=C(c1nc(-c2ccccc2)nc(-c2ccccc2)n1)CCC=3. The standard InChI is InChI=1S/C54H39N5O/c1-54(2)42-28-13-15-30-45(42)58(36-22-10-5-11-23-36)48-33-47-41(32-43(48)54)37-24-12-14-29-44(37)59(47)46-31-17-26-39-38-25-16-27-40(49(38)60-50(39)46)53-56-51(34-18-6-3-7-19-34)55-52(57-53)35-20-8-4-9-21-35/h3-15,17-26,28-33H,16,27H2,1-2H3. The van der Waals surface area contributed by atoms with Gasteiger partial charge >= 0.3 is 0 Å². The molecule has 3 aromatic heterocycles. The minimum Gasteiger partial charge on any atom is -0.453 e. The van der Waals surface area contributed by atoms with E-state index in [0.717, 1.165) is 73.6 Å². The van der Waals surface area contributed by atoms with Gasteiger partial charge in [-0.3, -0.25) is 0 Å². The second-order valence-corrected chi connectivity index (χ2v) is 16.3. The number of benzene rings is 7. The number of rotatable bonds is 5. The van der Waals surface area contributed by atoms with Gasteiger partial charge in [0.1, 0.15) is 5.42 Å². The molecule has 10 aromatic rings. The van der Waals surface area contributed by atoms with Crippen molar-refractivity contribution in [3.63, 3.8) is 0 Å². The van der Waals surface area contributed by atoms with Crippen molar-refractivity contribution in [3.05, 3.63) is 197 Å². The van der Waals surface area contributed by atoms with E-state index in [-0.39, 0.29) is 5.41 Å². The molecule has 0 saturated carbocycles. The number of hydrogen-bond acceptors (Lipinski definition) is 5. The van der Waals surface area contributed by atoms with Crippen LogP contribution in [0.5, 0.6) is 0 Å². The Morgan fingerprint density at radius 1 is 0.517 bits per heavy atom. The number of anilines is 3. The van der Waals surface area contributed by atoms with Crippen molar-refractivity contribution in [1.29, 1.82) is 0 Å². The van der Waals surface area contributed by atoms with Gasteiger partial charge < -0.3 is 13.9 Å². The third-order valence-electron chi connectivity index (χ3n) is 12.5. The monoisotopic (exact) mass is 773 g/mol. The summed E-state index contributed by atoms with van der Waals surface area (Å²) in [4.78, 5) is 17.7. The average Bonchev–Trinajstić information content (AvgIpc) is 3.85. The highest BCUT2D eigenvalue weighted by molar-refractivity contribution is 6.12. The Bertz CT molecular complexity index is 3400. The van der Waals surface area contributed by atoms with Crippen LogP contribution >= 0.6 is 0 Å². The molecule has 0 unspecified atom stereocenters. The topological polar surface area (TPSA) is 60.0 Å². The molecule has 4 heterocycles. The minimum absolute atomic E-state index is 0.230. The highest BCUT2D eigenvalue weighted by Gasteiger charge is 2.38. The maximum absolute atomic E-state index is 7.18. The van der Waals surface area contributed by atoms with E-state index >= 15 is 0 Å². The van der Waals surface area contributed by atoms with Crippen LogP contribution in [-0.4, -0.2) is 19.5 Å². The first-order valence-corrected chi connectivity index (χ1v) is 20.7. The van der Waals surface area contributed by atoms with Gasteiger partial charge in [0, 0.05) is 49.2 Å². The van der Waals surface area contributed by atoms with Crippen molar-refractivity contribution in [2.24, 2.45) is 0 Å². The minimum atomic E-state index is -0.230. The lowest BCUT2D eigenvalue weighted by Gasteiger charge is -2.42. The van der Waals surface area contributed by atoms with Gasteiger partial charge in [-0.05, 0) is 66.4 Å². The van der Waals surface area contributed by atoms with Crippen molar-refractivity contribution in [3.8, 4) is 28.5 Å². The molecule has 1 aliphatic heterocycles. The van der Waals surface area contributed by atoms with E-state index in [2.05, 4.69) is 139 Å². The lowest BCUT2D eigenvalue weighted by Crippen LogP contribution is -2.30. The third kappa shape index (κ3) is 5.17. The fourth-order valence-corrected chi connectivity index (χ4v) is 9.63. The first-order valence-electron chi connectivity index (χ1n) is 20.7. The fraction of sp³-hybridized carbons (Fsp3) is 0.0926. The van der Waals surface area contributed by atoms with Crippen LogP contribution < -0.4 is 15.5 Å². The van der Waals surface area contributed by atoms with Crippen molar-refractivity contribution >= 4 is 61.5 Å². The summed E-state index contributed by atoms with van der Waals surface area (Å²) in [6.07, 6.45) is 3.91. The van der Waals surface area contributed by atoms with Gasteiger partial charge in [-0.25, -0.2) is 15.0 Å². The molecule has 0 fully saturated rings. The molecule has 6 nitrogen and oxygen atoms in total. The second-order valence-electron chi connectivity index (χ2n) is 16.3. The summed E-state index contributed by atoms with van der Waals surface area (Å²) in [5.74, 6) is 1.93. The molecular weight excluding hydrogens is 735 g/mol. The summed E-state index contributed by atoms with van der Waals surface area (Å²) < 4.78 is 9.59. The molecule has 0 amide bonds. The Balaban J connectivity index is 1.12. The highest BCUT2D eigenvalue weighted by Crippen LogP contribution is 2.53. The Kier molecular flexibility index (Phi) is 7.60. The van der Waals surface area contributed by atoms with E-state index in [1.54, 1.807) is 0 Å². The molecule has 0 bridgehead atoms. The molecule has 0 radical (unpaired) electrons. The van der Waals surface area contributed by atoms with Crippen LogP contribution in [0.3, 0.4) is 0 Å². The van der Waals surface area contributed by atoms with Crippen LogP contribution in [0.25, 0.3) is 72.9 Å². The third-order valence-corrected chi connectivity index (χ3v) is 12.5. The van der Waals surface area contributed by atoms with Gasteiger partial charge in [-0.15, -0.1) is 0 Å². The Morgan fingerprint density at radius 3 is 1.88 bits per heavy atom. The number of fused-ring (bicyclic) bond motifs is 8. The van der Waals surface area contributed by atoms with Crippen molar-refractivity contribution in [2.75, 3.05) is 4.90 Å². The van der Waals surface area contributed by atoms with E-state index in [0.29, 0.717) is 17.5 Å². The number of hydrogen-bond donors (Lipinski definition) is 0. The van der Waals surface area contributed by atoms with Crippen molar-refractivity contribution in [1.82, 2.24) is 19.5 Å². The summed E-state index contributed by atoms with van der Waals surface area (Å²) in [6, 6.07) is 60.0. The quantitative estimate of drug-likeness (QED) is 0.174. The fourth-order valence-electron chi connectivity index (χ4n) is 9.63. The zero-order valence-electron chi connectivity index (χ0n) is 33.3. The summed E-state index contributed by atoms with van der Waals surface area (Å²) >= 11 is 0. The molecule has 7 aromatic carbocycles. The lowest BCUT2D eigenvalue weighted by molar-refractivity contribution is 0.566. The number of nitrogens with zero attached hydrogens (tertiary/aromatic N) is 5. The maximum atomic E-state index is 7.18. The van der Waals surface area contributed by atoms with E-state index in [1.165, 1.54) is 33.3 Å². The molecule has 6 heteroatoms. The van der Waals surface area contributed by atoms with Gasteiger partial charge in [0.15, 0.2) is 23.1 Å². The van der Waals surface area contributed by atoms with Gasteiger partial charge in [0.05, 0.1) is 28.1 Å². The molecule has 286 valence electrons. The van der Waals surface area contributed by atoms with Gasteiger partial charge in [0.2, 0.25) is 0 Å². The van der Waals surface area contributed by atoms with E-state index in [4.69, 9.17) is 19.4 Å². The van der Waals surface area contributed by atoms with Crippen LogP contribution in [0.2, 0.25) is 0 Å². The summed E-state index contributed by atoms with van der Waals surface area (Å²) in [5.41, 5.74) is 13.7. The van der Waals surface area contributed by atoms with Crippen LogP contribution in [0.1, 0.15) is 43.6 Å². The summed E-state index contributed by atoms with van der Waals surface area (Å²) in [7, 11) is 0. The molecular formula is C54H39N5O. The summed E-state index contributed by atoms with van der Waals surface area (Å²) in [5, 5.41) is 4.58. The number of aromatic nitrogens is 4. The Labute approximate surface area is 347 Å². The van der Waals surface area contributed by atoms with Crippen LogP contribution in [0.4, 0.5) is 17.1 Å². The molecule has 1 aliphatic carbocycles. The van der Waals surface area contributed by atoms with Crippen LogP contribution in [0.15, 0.2) is 174 Å². The van der Waals surface area contributed by atoms with Crippen molar-refractivity contribution in [2.45, 2.75) is 32.1 Å². The number of furan rings is 1. The normalized spacial score (nSPS) is 14.2. The molecule has 0 spiro atoms.